The minimum absolute atomic E-state index is 0.112. The fraction of sp³-hybridized carbons (Fsp3) is 0.600. The highest BCUT2D eigenvalue weighted by Gasteiger charge is 2.34. The Morgan fingerprint density at radius 3 is 2.62 bits per heavy atom. The van der Waals surface area contributed by atoms with Crippen LogP contribution in [0.2, 0.25) is 0 Å². The minimum atomic E-state index is -3.42. The first-order chi connectivity index (χ1) is 9.95. The summed E-state index contributed by atoms with van der Waals surface area (Å²) < 4.78 is 28.3. The maximum absolute atomic E-state index is 12.7. The summed E-state index contributed by atoms with van der Waals surface area (Å²) in [6, 6.07) is 9.75. The van der Waals surface area contributed by atoms with Gasteiger partial charge in [0.2, 0.25) is 0 Å². The van der Waals surface area contributed by atoms with Crippen molar-refractivity contribution in [1.29, 1.82) is 0 Å². The van der Waals surface area contributed by atoms with Crippen molar-refractivity contribution in [1.82, 2.24) is 8.61 Å². The predicted octanol–water partition coefficient (Wildman–Crippen LogP) is 1.42. The van der Waals surface area contributed by atoms with Gasteiger partial charge >= 0.3 is 0 Å². The molecule has 2 atom stereocenters. The van der Waals surface area contributed by atoms with E-state index in [4.69, 9.17) is 5.73 Å². The summed E-state index contributed by atoms with van der Waals surface area (Å²) in [5, 5.41) is 0. The van der Waals surface area contributed by atoms with Crippen LogP contribution in [0.3, 0.4) is 0 Å². The van der Waals surface area contributed by atoms with Gasteiger partial charge in [0.25, 0.3) is 10.2 Å². The van der Waals surface area contributed by atoms with E-state index in [1.807, 2.05) is 30.3 Å². The largest absolute Gasteiger partial charge is 0.327 e. The Kier molecular flexibility index (Phi) is 5.37. The molecule has 0 spiro atoms. The Hall–Kier alpha value is -0.950. The number of benzene rings is 1. The number of nitrogens with two attached hydrogens (primary N) is 1. The highest BCUT2D eigenvalue weighted by Crippen LogP contribution is 2.22. The van der Waals surface area contributed by atoms with Gasteiger partial charge in [0, 0.05) is 32.7 Å². The van der Waals surface area contributed by atoms with Crippen molar-refractivity contribution in [3.8, 4) is 0 Å². The van der Waals surface area contributed by atoms with Crippen molar-refractivity contribution < 1.29 is 8.42 Å². The van der Waals surface area contributed by atoms with E-state index in [2.05, 4.69) is 6.92 Å². The summed E-state index contributed by atoms with van der Waals surface area (Å²) in [7, 11) is -1.78. The Morgan fingerprint density at radius 1 is 1.33 bits per heavy atom. The number of rotatable bonds is 5. The maximum Gasteiger partial charge on any atom is 0.282 e. The fourth-order valence-corrected chi connectivity index (χ4v) is 4.20. The average Bonchev–Trinajstić information content (AvgIpc) is 2.48. The van der Waals surface area contributed by atoms with E-state index >= 15 is 0 Å². The molecule has 2 rings (SSSR count). The van der Waals surface area contributed by atoms with Crippen molar-refractivity contribution in [3.05, 3.63) is 35.9 Å². The summed E-state index contributed by atoms with van der Waals surface area (Å²) >= 11 is 0. The molecule has 2 unspecified atom stereocenters. The van der Waals surface area contributed by atoms with Gasteiger partial charge < -0.3 is 5.73 Å². The molecular formula is C15H25N3O2S. The summed E-state index contributed by atoms with van der Waals surface area (Å²) in [5.74, 6) is 0.249. The van der Waals surface area contributed by atoms with E-state index in [0.29, 0.717) is 19.6 Å². The van der Waals surface area contributed by atoms with Crippen LogP contribution in [0.15, 0.2) is 30.3 Å². The molecule has 6 heteroatoms. The Balaban J connectivity index is 2.07. The molecule has 0 amide bonds. The second-order valence-corrected chi connectivity index (χ2v) is 7.76. The first kappa shape index (κ1) is 16.4. The lowest BCUT2D eigenvalue weighted by Gasteiger charge is -2.37. The van der Waals surface area contributed by atoms with Crippen LogP contribution in [0.5, 0.6) is 0 Å². The molecule has 0 aromatic heterocycles. The lowest BCUT2D eigenvalue weighted by Crippen LogP contribution is -2.52. The predicted molar refractivity (Wildman–Crippen MR) is 84.8 cm³/mol. The van der Waals surface area contributed by atoms with Gasteiger partial charge in [0.15, 0.2) is 0 Å². The molecule has 0 radical (unpaired) electrons. The molecule has 1 aromatic rings. The van der Waals surface area contributed by atoms with Crippen molar-refractivity contribution >= 4 is 10.2 Å². The molecule has 0 aliphatic carbocycles. The van der Waals surface area contributed by atoms with Gasteiger partial charge in [0.05, 0.1) is 0 Å². The van der Waals surface area contributed by atoms with Crippen molar-refractivity contribution in [2.75, 3.05) is 20.1 Å². The summed E-state index contributed by atoms with van der Waals surface area (Å²) in [4.78, 5) is 0. The lowest BCUT2D eigenvalue weighted by molar-refractivity contribution is 0.219. The van der Waals surface area contributed by atoms with Crippen molar-refractivity contribution in [2.24, 2.45) is 11.7 Å². The van der Waals surface area contributed by atoms with E-state index in [1.165, 1.54) is 4.31 Å². The second-order valence-electron chi connectivity index (χ2n) is 5.73. The molecule has 21 heavy (non-hydrogen) atoms. The van der Waals surface area contributed by atoms with Gasteiger partial charge in [-0.05, 0) is 17.9 Å². The van der Waals surface area contributed by atoms with Crippen molar-refractivity contribution in [2.45, 2.75) is 32.4 Å². The van der Waals surface area contributed by atoms with Crippen molar-refractivity contribution in [3.63, 3.8) is 0 Å². The maximum atomic E-state index is 12.7. The third-order valence-electron chi connectivity index (χ3n) is 4.25. The zero-order valence-corrected chi connectivity index (χ0v) is 13.6. The number of hydrogen-bond acceptors (Lipinski definition) is 3. The molecule has 1 aromatic carbocycles. The normalized spacial score (nSPS) is 24.4. The topological polar surface area (TPSA) is 66.6 Å². The minimum Gasteiger partial charge on any atom is -0.327 e. The van der Waals surface area contributed by atoms with E-state index < -0.39 is 10.2 Å². The third kappa shape index (κ3) is 3.83. The van der Waals surface area contributed by atoms with Crippen LogP contribution in [0.4, 0.5) is 0 Å². The van der Waals surface area contributed by atoms with E-state index in [1.54, 1.807) is 11.4 Å². The SMILES string of the molecule is CCC1CN(S(=O)(=O)N(C)Cc2ccccc2)CCC1N. The van der Waals surface area contributed by atoms with Gasteiger partial charge in [-0.15, -0.1) is 0 Å². The quantitative estimate of drug-likeness (QED) is 0.894. The summed E-state index contributed by atoms with van der Waals surface area (Å²) in [6.07, 6.45) is 1.65. The molecular weight excluding hydrogens is 286 g/mol. The molecule has 0 saturated carbocycles. The van der Waals surface area contributed by atoms with Gasteiger partial charge in [-0.2, -0.15) is 17.0 Å². The van der Waals surface area contributed by atoms with Gasteiger partial charge in [0.1, 0.15) is 0 Å². The fourth-order valence-electron chi connectivity index (χ4n) is 2.78. The molecule has 1 fully saturated rings. The standard InChI is InChI=1S/C15H25N3O2S/c1-3-14-12-18(10-9-15(14)16)21(19,20)17(2)11-13-7-5-4-6-8-13/h4-8,14-15H,3,9-12,16H2,1-2H3. The number of piperidine rings is 1. The summed E-state index contributed by atoms with van der Waals surface area (Å²) in [6.45, 7) is 3.50. The summed E-state index contributed by atoms with van der Waals surface area (Å²) in [5.41, 5.74) is 7.05. The molecule has 1 aliphatic heterocycles. The van der Waals surface area contributed by atoms with Crippen LogP contribution >= 0.6 is 0 Å². The van der Waals surface area contributed by atoms with Crippen LogP contribution in [0, 0.1) is 5.92 Å². The van der Waals surface area contributed by atoms with Crippen LogP contribution in [-0.4, -0.2) is 43.2 Å². The van der Waals surface area contributed by atoms with Gasteiger partial charge in [-0.3, -0.25) is 0 Å². The second kappa shape index (κ2) is 6.87. The van der Waals surface area contributed by atoms with Gasteiger partial charge in [-0.1, -0.05) is 43.7 Å². The number of nitrogens with zero attached hydrogens (tertiary/aromatic N) is 2. The lowest BCUT2D eigenvalue weighted by atomic mass is 9.92. The molecule has 2 N–H and O–H groups in total. The van der Waals surface area contributed by atoms with E-state index in [0.717, 1.165) is 18.4 Å². The Bertz CT molecular complexity index is 547. The van der Waals surface area contributed by atoms with Gasteiger partial charge in [-0.25, -0.2) is 0 Å². The Labute approximate surface area is 127 Å². The number of hydrogen-bond donors (Lipinski definition) is 1. The zero-order valence-electron chi connectivity index (χ0n) is 12.8. The highest BCUT2D eigenvalue weighted by atomic mass is 32.2. The monoisotopic (exact) mass is 311 g/mol. The Morgan fingerprint density at radius 2 is 2.00 bits per heavy atom. The molecule has 1 heterocycles. The molecule has 1 saturated heterocycles. The van der Waals surface area contributed by atoms with E-state index in [-0.39, 0.29) is 12.0 Å². The molecule has 1 aliphatic rings. The highest BCUT2D eigenvalue weighted by molar-refractivity contribution is 7.86. The zero-order chi connectivity index (χ0) is 15.5. The van der Waals surface area contributed by atoms with Crippen LogP contribution in [0.1, 0.15) is 25.3 Å². The average molecular weight is 311 g/mol. The van der Waals surface area contributed by atoms with E-state index in [9.17, 15) is 8.42 Å². The first-order valence-electron chi connectivity index (χ1n) is 7.46. The van der Waals surface area contributed by atoms with Crippen LogP contribution in [0.25, 0.3) is 0 Å². The molecule has 0 bridgehead atoms. The van der Waals surface area contributed by atoms with Crippen LogP contribution in [-0.2, 0) is 16.8 Å². The molecule has 5 nitrogen and oxygen atoms in total. The first-order valence-corrected chi connectivity index (χ1v) is 8.85. The molecule has 118 valence electrons. The smallest absolute Gasteiger partial charge is 0.282 e. The third-order valence-corrected chi connectivity index (χ3v) is 6.15. The van der Waals surface area contributed by atoms with Crippen LogP contribution < -0.4 is 5.73 Å².